The van der Waals surface area contributed by atoms with E-state index in [1.807, 2.05) is 0 Å². The maximum absolute atomic E-state index is 13.5. The van der Waals surface area contributed by atoms with E-state index >= 15 is 0 Å². The van der Waals surface area contributed by atoms with Crippen LogP contribution in [-0.4, -0.2) is 5.25 Å². The number of hydrogen-bond acceptors (Lipinski definition) is 3. The number of nitrogens with zero attached hydrogens (tertiary/aromatic N) is 1. The first-order valence-electron chi connectivity index (χ1n) is 6.68. The average Bonchev–Trinajstić information content (AvgIpc) is 2.79. The summed E-state index contributed by atoms with van der Waals surface area (Å²) in [4.78, 5) is -0.218. The Kier molecular flexibility index (Phi) is 4.13. The Hall–Kier alpha value is -2.27. The van der Waals surface area contributed by atoms with Gasteiger partial charge in [0.25, 0.3) is 6.43 Å². The second kappa shape index (κ2) is 5.98. The van der Waals surface area contributed by atoms with Gasteiger partial charge in [0.15, 0.2) is 0 Å². The molecule has 2 aromatic carbocycles. The lowest BCUT2D eigenvalue weighted by atomic mass is 10.1. The molecule has 0 radical (unpaired) electrons. The highest BCUT2D eigenvalue weighted by Gasteiger charge is 2.42. The molecule has 0 atom stereocenters. The van der Waals surface area contributed by atoms with Crippen molar-refractivity contribution in [2.75, 3.05) is 0 Å². The van der Waals surface area contributed by atoms with Gasteiger partial charge in [0.05, 0.1) is 17.2 Å². The Morgan fingerprint density at radius 2 is 1.96 bits per heavy atom. The molecule has 2 nitrogen and oxygen atoms in total. The van der Waals surface area contributed by atoms with E-state index in [1.165, 1.54) is 12.1 Å². The molecule has 0 amide bonds. The van der Waals surface area contributed by atoms with Crippen molar-refractivity contribution in [3.05, 3.63) is 52.8 Å². The summed E-state index contributed by atoms with van der Waals surface area (Å²) in [5.41, 5.74) is -0.590. The zero-order chi connectivity index (χ0) is 17.5. The molecule has 3 rings (SSSR count). The summed E-state index contributed by atoms with van der Waals surface area (Å²) in [6.45, 7) is 0. The van der Waals surface area contributed by atoms with Crippen LogP contribution in [0.2, 0.25) is 0 Å². The number of fused-ring (bicyclic) bond motifs is 1. The van der Waals surface area contributed by atoms with E-state index in [9.17, 15) is 22.0 Å². The Bertz CT molecular complexity index is 847. The predicted molar refractivity (Wildman–Crippen MR) is 77.1 cm³/mol. The smallest absolute Gasteiger partial charge is 0.302 e. The second-order valence-electron chi connectivity index (χ2n) is 5.07. The van der Waals surface area contributed by atoms with Gasteiger partial charge in [0.2, 0.25) is 0 Å². The third-order valence-corrected chi connectivity index (χ3v) is 4.46. The summed E-state index contributed by atoms with van der Waals surface area (Å²) < 4.78 is 72.4. The van der Waals surface area contributed by atoms with Gasteiger partial charge in [-0.3, -0.25) is 0 Å². The van der Waals surface area contributed by atoms with Crippen LogP contribution in [-0.2, 0) is 6.42 Å². The Balaban J connectivity index is 2.04. The number of rotatable bonds is 3. The van der Waals surface area contributed by atoms with Crippen LogP contribution in [0.4, 0.5) is 22.0 Å². The quantitative estimate of drug-likeness (QED) is 0.664. The molecule has 0 aromatic heterocycles. The van der Waals surface area contributed by atoms with Gasteiger partial charge >= 0.3 is 5.25 Å². The van der Waals surface area contributed by atoms with Gasteiger partial charge in [-0.2, -0.15) is 14.0 Å². The predicted octanol–water partition coefficient (Wildman–Crippen LogP) is 5.67. The number of halogens is 5. The molecule has 124 valence electrons. The van der Waals surface area contributed by atoms with Crippen LogP contribution in [0, 0.1) is 17.1 Å². The van der Waals surface area contributed by atoms with E-state index in [0.29, 0.717) is 0 Å². The summed E-state index contributed by atoms with van der Waals surface area (Å²) in [6.07, 6.45) is -3.67. The Labute approximate surface area is 137 Å². The normalized spacial score (nSPS) is 15.2. The van der Waals surface area contributed by atoms with E-state index in [-0.39, 0.29) is 39.3 Å². The van der Waals surface area contributed by atoms with Crippen molar-refractivity contribution in [3.8, 4) is 17.6 Å². The van der Waals surface area contributed by atoms with Crippen LogP contribution >= 0.6 is 11.8 Å². The van der Waals surface area contributed by atoms with Crippen LogP contribution in [0.5, 0.6) is 11.5 Å². The first-order chi connectivity index (χ1) is 11.3. The van der Waals surface area contributed by atoms with E-state index < -0.39 is 29.5 Å². The standard InChI is InChI=1S/C16H8F5NOS/c17-10-3-8(7-22)4-11(5-10)23-12-2-1-9-6-16(20,21)24-14(9)13(12)15(18)19/h1-5,15H,6H2. The van der Waals surface area contributed by atoms with Crippen LogP contribution in [0.1, 0.15) is 23.1 Å². The van der Waals surface area contributed by atoms with Gasteiger partial charge in [0.1, 0.15) is 17.3 Å². The largest absolute Gasteiger partial charge is 0.457 e. The summed E-state index contributed by atoms with van der Waals surface area (Å²) in [5, 5.41) is 5.65. The molecule has 1 aliphatic heterocycles. The van der Waals surface area contributed by atoms with E-state index in [4.69, 9.17) is 10.00 Å². The molecular formula is C16H8F5NOS. The van der Waals surface area contributed by atoms with Gasteiger partial charge in [-0.05, 0) is 23.8 Å². The molecule has 0 unspecified atom stereocenters. The van der Waals surface area contributed by atoms with Gasteiger partial charge < -0.3 is 4.74 Å². The minimum absolute atomic E-state index is 0.0503. The lowest BCUT2D eigenvalue weighted by Crippen LogP contribution is -2.06. The van der Waals surface area contributed by atoms with Crippen molar-refractivity contribution in [2.24, 2.45) is 0 Å². The number of ether oxygens (including phenoxy) is 1. The maximum atomic E-state index is 13.5. The van der Waals surface area contributed by atoms with Gasteiger partial charge in [-0.25, -0.2) is 13.2 Å². The van der Waals surface area contributed by atoms with Crippen LogP contribution in [0.3, 0.4) is 0 Å². The Morgan fingerprint density at radius 1 is 1.21 bits per heavy atom. The molecule has 0 saturated heterocycles. The van der Waals surface area contributed by atoms with Crippen molar-refractivity contribution in [3.63, 3.8) is 0 Å². The second-order valence-corrected chi connectivity index (χ2v) is 6.28. The molecule has 8 heteroatoms. The van der Waals surface area contributed by atoms with Crippen molar-refractivity contribution in [2.45, 2.75) is 23.0 Å². The molecular weight excluding hydrogens is 349 g/mol. The zero-order valence-corrected chi connectivity index (χ0v) is 12.6. The molecule has 0 aliphatic carbocycles. The van der Waals surface area contributed by atoms with Crippen molar-refractivity contribution >= 4 is 11.8 Å². The van der Waals surface area contributed by atoms with E-state index in [1.54, 1.807) is 6.07 Å². The molecule has 0 spiro atoms. The van der Waals surface area contributed by atoms with Crippen molar-refractivity contribution < 1.29 is 26.7 Å². The lowest BCUT2D eigenvalue weighted by molar-refractivity contribution is 0.111. The highest BCUT2D eigenvalue weighted by atomic mass is 32.2. The fourth-order valence-electron chi connectivity index (χ4n) is 2.40. The van der Waals surface area contributed by atoms with Gasteiger partial charge in [-0.15, -0.1) is 0 Å². The van der Waals surface area contributed by atoms with E-state index in [2.05, 4.69) is 0 Å². The molecule has 1 heterocycles. The lowest BCUT2D eigenvalue weighted by Gasteiger charge is -2.14. The summed E-state index contributed by atoms with van der Waals surface area (Å²) in [5.74, 6) is -1.28. The number of nitriles is 1. The first-order valence-corrected chi connectivity index (χ1v) is 7.50. The van der Waals surface area contributed by atoms with Crippen LogP contribution in [0.15, 0.2) is 35.2 Å². The highest BCUT2D eigenvalue weighted by Crippen LogP contribution is 2.53. The topological polar surface area (TPSA) is 33.0 Å². The minimum atomic E-state index is -3.16. The monoisotopic (exact) mass is 357 g/mol. The fourth-order valence-corrected chi connectivity index (χ4v) is 3.50. The third kappa shape index (κ3) is 3.17. The molecule has 0 bridgehead atoms. The molecule has 0 N–H and O–H groups in total. The molecule has 2 aromatic rings. The highest BCUT2D eigenvalue weighted by molar-refractivity contribution is 8.00. The maximum Gasteiger partial charge on any atom is 0.302 e. The fraction of sp³-hybridized carbons (Fsp3) is 0.188. The van der Waals surface area contributed by atoms with Crippen LogP contribution in [0.25, 0.3) is 0 Å². The molecule has 1 aliphatic rings. The molecule has 24 heavy (non-hydrogen) atoms. The molecule has 0 saturated carbocycles. The zero-order valence-electron chi connectivity index (χ0n) is 11.8. The SMILES string of the molecule is N#Cc1cc(F)cc(Oc2ccc3c(c2C(F)F)SC(F)(F)C3)c1. The van der Waals surface area contributed by atoms with Gasteiger partial charge in [-0.1, -0.05) is 17.8 Å². The van der Waals surface area contributed by atoms with Gasteiger partial charge in [0, 0.05) is 17.4 Å². The van der Waals surface area contributed by atoms with E-state index in [0.717, 1.165) is 18.2 Å². The first kappa shape index (κ1) is 16.6. The number of alkyl halides is 4. The van der Waals surface area contributed by atoms with Crippen LogP contribution < -0.4 is 4.74 Å². The number of hydrogen-bond donors (Lipinski definition) is 0. The summed E-state index contributed by atoms with van der Waals surface area (Å²) in [6, 6.07) is 7.20. The van der Waals surface area contributed by atoms with Crippen molar-refractivity contribution in [1.82, 2.24) is 0 Å². The molecule has 0 fully saturated rings. The summed E-state index contributed by atoms with van der Waals surface area (Å²) in [7, 11) is 0. The minimum Gasteiger partial charge on any atom is -0.457 e. The number of thioether (sulfide) groups is 1. The third-order valence-electron chi connectivity index (χ3n) is 3.33. The number of benzene rings is 2. The summed E-state index contributed by atoms with van der Waals surface area (Å²) >= 11 is 0.0641. The average molecular weight is 357 g/mol. The van der Waals surface area contributed by atoms with Crippen molar-refractivity contribution in [1.29, 1.82) is 5.26 Å². The Morgan fingerprint density at radius 3 is 2.62 bits per heavy atom.